The van der Waals surface area contributed by atoms with Crippen LogP contribution in [-0.4, -0.2) is 95.8 Å². The molecular formula is C32H34F2N8O3S. The van der Waals surface area contributed by atoms with Crippen LogP contribution in [0.1, 0.15) is 25.3 Å². The summed E-state index contributed by atoms with van der Waals surface area (Å²) in [5, 5.41) is 10.5. The Bertz CT molecular complexity index is 1900. The summed E-state index contributed by atoms with van der Waals surface area (Å²) in [4.78, 5) is 32.0. The minimum atomic E-state index is -0.777. The fourth-order valence-corrected chi connectivity index (χ4v) is 7.58. The number of aromatic nitrogens is 3. The molecule has 2 fully saturated rings. The van der Waals surface area contributed by atoms with E-state index in [-0.39, 0.29) is 80.2 Å². The summed E-state index contributed by atoms with van der Waals surface area (Å²) in [5.74, 6) is -1.12. The molecular weight excluding hydrogens is 614 g/mol. The summed E-state index contributed by atoms with van der Waals surface area (Å²) >= 11 is 0.926. The van der Waals surface area contributed by atoms with Crippen molar-refractivity contribution in [3.8, 4) is 23.3 Å². The van der Waals surface area contributed by atoms with Crippen molar-refractivity contribution in [3.63, 3.8) is 0 Å². The van der Waals surface area contributed by atoms with Crippen LogP contribution >= 0.6 is 11.3 Å². The Morgan fingerprint density at radius 1 is 1.35 bits per heavy atom. The molecule has 0 spiro atoms. The van der Waals surface area contributed by atoms with Gasteiger partial charge in [-0.3, -0.25) is 14.7 Å². The SMILES string of the molecule is C=CC(=O)N1CCC(N(C)c2nc(OCC3CC(OC)CN3C)nc3c(F)c(-c4ccc(F)c5sc(N)c(C#N)c45)ncc23)C1C. The smallest absolute Gasteiger partial charge is 0.319 e. The largest absolute Gasteiger partial charge is 0.462 e. The summed E-state index contributed by atoms with van der Waals surface area (Å²) < 4.78 is 43.3. The van der Waals surface area contributed by atoms with E-state index in [4.69, 9.17) is 20.2 Å². The number of nitrogen functional groups attached to an aromatic ring is 1. The van der Waals surface area contributed by atoms with Crippen molar-refractivity contribution in [1.29, 1.82) is 5.26 Å². The van der Waals surface area contributed by atoms with Gasteiger partial charge in [0.1, 0.15) is 40.5 Å². The van der Waals surface area contributed by atoms with Gasteiger partial charge in [0.25, 0.3) is 0 Å². The summed E-state index contributed by atoms with van der Waals surface area (Å²) in [5.41, 5.74) is 6.16. The van der Waals surface area contributed by atoms with Crippen molar-refractivity contribution in [1.82, 2.24) is 24.8 Å². The molecule has 2 saturated heterocycles. The Hall–Kier alpha value is -4.45. The number of methoxy groups -OCH3 is 1. The standard InChI is InChI=1S/C32H34F2N8O3S/c1-6-24(43)42-10-9-23(16(42)2)41(4)31-21-13-37-27(19-7-8-22(33)29-25(19)20(12-35)30(36)46-29)26(34)28(21)38-32(39-31)45-15-17-11-18(44-5)14-40(17)3/h6-8,13,16-18,23H,1,9-11,14-15,36H2,2-5H3. The summed E-state index contributed by atoms with van der Waals surface area (Å²) in [7, 11) is 5.50. The van der Waals surface area contributed by atoms with Crippen LogP contribution in [-0.2, 0) is 9.53 Å². The van der Waals surface area contributed by atoms with Crippen LogP contribution in [0, 0.1) is 23.0 Å². The summed E-state index contributed by atoms with van der Waals surface area (Å²) in [6.45, 7) is 7.11. The molecule has 14 heteroatoms. The van der Waals surface area contributed by atoms with Crippen molar-refractivity contribution in [2.45, 2.75) is 44.0 Å². The van der Waals surface area contributed by atoms with Gasteiger partial charge < -0.3 is 25.0 Å². The molecule has 46 heavy (non-hydrogen) atoms. The number of thiophene rings is 1. The lowest BCUT2D eigenvalue weighted by Crippen LogP contribution is -2.43. The third kappa shape index (κ3) is 5.28. The number of pyridine rings is 1. The van der Waals surface area contributed by atoms with Gasteiger partial charge in [0, 0.05) is 56.5 Å². The first-order chi connectivity index (χ1) is 22.1. The molecule has 2 aliphatic heterocycles. The number of likely N-dealkylation sites (tertiary alicyclic amines) is 2. The van der Waals surface area contributed by atoms with Gasteiger partial charge in [-0.2, -0.15) is 15.2 Å². The van der Waals surface area contributed by atoms with E-state index in [9.17, 15) is 14.4 Å². The third-order valence-electron chi connectivity index (χ3n) is 9.22. The molecule has 1 aromatic carbocycles. The highest BCUT2D eigenvalue weighted by Crippen LogP contribution is 2.42. The number of nitrogens with zero attached hydrogens (tertiary/aromatic N) is 7. The second-order valence-corrected chi connectivity index (χ2v) is 12.8. The molecule has 4 unspecified atom stereocenters. The Balaban J connectivity index is 1.47. The molecule has 2 N–H and O–H groups in total. The van der Waals surface area contributed by atoms with Gasteiger partial charge in [-0.1, -0.05) is 6.58 Å². The number of hydrogen-bond donors (Lipinski definition) is 1. The van der Waals surface area contributed by atoms with E-state index < -0.39 is 11.6 Å². The molecule has 0 radical (unpaired) electrons. The predicted octanol–water partition coefficient (Wildman–Crippen LogP) is 4.35. The molecule has 0 bridgehead atoms. The van der Waals surface area contributed by atoms with Crippen LogP contribution in [0.3, 0.4) is 0 Å². The molecule has 6 rings (SSSR count). The number of rotatable bonds is 8. The number of hydrogen-bond acceptors (Lipinski definition) is 11. The molecule has 11 nitrogen and oxygen atoms in total. The quantitative estimate of drug-likeness (QED) is 0.275. The number of nitriles is 1. The second kappa shape index (κ2) is 12.4. The number of fused-ring (bicyclic) bond motifs is 2. The van der Waals surface area contributed by atoms with E-state index >= 15 is 4.39 Å². The van der Waals surface area contributed by atoms with Gasteiger partial charge in [-0.15, -0.1) is 11.3 Å². The Morgan fingerprint density at radius 3 is 2.83 bits per heavy atom. The summed E-state index contributed by atoms with van der Waals surface area (Å²) in [6.07, 6.45) is 4.26. The molecule has 1 amide bonds. The van der Waals surface area contributed by atoms with Gasteiger partial charge in [0.2, 0.25) is 5.91 Å². The monoisotopic (exact) mass is 648 g/mol. The van der Waals surface area contributed by atoms with Gasteiger partial charge in [0.05, 0.1) is 27.8 Å². The van der Waals surface area contributed by atoms with E-state index in [2.05, 4.69) is 21.4 Å². The molecule has 4 aromatic rings. The highest BCUT2D eigenvalue weighted by atomic mass is 32.1. The minimum Gasteiger partial charge on any atom is -0.462 e. The van der Waals surface area contributed by atoms with Crippen molar-refractivity contribution in [3.05, 3.63) is 48.2 Å². The van der Waals surface area contributed by atoms with Crippen LogP contribution < -0.4 is 15.4 Å². The van der Waals surface area contributed by atoms with Crippen LogP contribution in [0.2, 0.25) is 0 Å². The first kappa shape index (κ1) is 31.5. The Morgan fingerprint density at radius 2 is 2.13 bits per heavy atom. The lowest BCUT2D eigenvalue weighted by Gasteiger charge is -2.32. The van der Waals surface area contributed by atoms with Crippen LogP contribution in [0.5, 0.6) is 6.01 Å². The van der Waals surface area contributed by atoms with Crippen molar-refractivity contribution < 1.29 is 23.0 Å². The molecule has 4 atom stereocenters. The van der Waals surface area contributed by atoms with Gasteiger partial charge >= 0.3 is 6.01 Å². The highest BCUT2D eigenvalue weighted by molar-refractivity contribution is 7.23. The number of amides is 1. The van der Waals surface area contributed by atoms with Crippen molar-refractivity contribution in [2.75, 3.05) is 51.5 Å². The maximum atomic E-state index is 16.7. The molecule has 2 aliphatic rings. The van der Waals surface area contributed by atoms with Gasteiger partial charge in [0.15, 0.2) is 5.82 Å². The van der Waals surface area contributed by atoms with E-state index in [1.165, 1.54) is 24.4 Å². The van der Waals surface area contributed by atoms with Crippen molar-refractivity contribution in [2.24, 2.45) is 0 Å². The Kier molecular flexibility index (Phi) is 8.49. The number of ether oxygens (including phenoxy) is 2. The van der Waals surface area contributed by atoms with Crippen LogP contribution in [0.15, 0.2) is 31.0 Å². The fourth-order valence-electron chi connectivity index (χ4n) is 6.63. The number of nitrogens with two attached hydrogens (primary N) is 1. The zero-order valence-corrected chi connectivity index (χ0v) is 26.8. The molecule has 5 heterocycles. The van der Waals surface area contributed by atoms with Crippen LogP contribution in [0.25, 0.3) is 32.2 Å². The van der Waals surface area contributed by atoms with E-state index in [0.717, 1.165) is 24.3 Å². The van der Waals surface area contributed by atoms with Crippen LogP contribution in [0.4, 0.5) is 19.6 Å². The van der Waals surface area contributed by atoms with Gasteiger partial charge in [-0.05, 0) is 45.0 Å². The number of likely N-dealkylation sites (N-methyl/N-ethyl adjacent to an activating group) is 2. The average molecular weight is 649 g/mol. The lowest BCUT2D eigenvalue weighted by molar-refractivity contribution is -0.126. The van der Waals surface area contributed by atoms with Crippen molar-refractivity contribution >= 4 is 49.1 Å². The number of halogens is 2. The molecule has 240 valence electrons. The first-order valence-corrected chi connectivity index (χ1v) is 15.7. The topological polar surface area (TPSA) is 134 Å². The third-order valence-corrected chi connectivity index (χ3v) is 10.2. The number of carbonyl (C=O) groups is 1. The molecule has 0 saturated carbocycles. The maximum Gasteiger partial charge on any atom is 0.319 e. The normalized spacial score (nSPS) is 21.6. The van der Waals surface area contributed by atoms with Gasteiger partial charge in [-0.25, -0.2) is 8.78 Å². The van der Waals surface area contributed by atoms with E-state index in [1.807, 2.05) is 32.0 Å². The second-order valence-electron chi connectivity index (χ2n) is 11.7. The number of anilines is 2. The summed E-state index contributed by atoms with van der Waals surface area (Å²) in [6, 6.07) is 4.30. The lowest BCUT2D eigenvalue weighted by atomic mass is 10.0. The van der Waals surface area contributed by atoms with E-state index in [1.54, 1.807) is 12.0 Å². The number of benzene rings is 1. The molecule has 0 aliphatic carbocycles. The first-order valence-electron chi connectivity index (χ1n) is 14.9. The minimum absolute atomic E-state index is 0.0221. The average Bonchev–Trinajstić information content (AvgIpc) is 3.73. The fraction of sp³-hybridized carbons (Fsp3) is 0.406. The predicted molar refractivity (Wildman–Crippen MR) is 173 cm³/mol. The molecule has 3 aromatic heterocycles. The Labute approximate surface area is 268 Å². The zero-order chi connectivity index (χ0) is 32.9. The highest BCUT2D eigenvalue weighted by Gasteiger charge is 2.37. The maximum absolute atomic E-state index is 16.7. The van der Waals surface area contributed by atoms with E-state index in [0.29, 0.717) is 24.2 Å². The zero-order valence-electron chi connectivity index (χ0n) is 26.0. The number of carbonyl (C=O) groups excluding carboxylic acids is 1.